The summed E-state index contributed by atoms with van der Waals surface area (Å²) in [4.78, 5) is 19.0. The lowest BCUT2D eigenvalue weighted by molar-refractivity contribution is -0.129. The predicted octanol–water partition coefficient (Wildman–Crippen LogP) is 2.97. The molecule has 0 aromatic heterocycles. The molecule has 154 valence electrons. The lowest BCUT2D eigenvalue weighted by Crippen LogP contribution is -2.36. The van der Waals surface area contributed by atoms with Gasteiger partial charge in [-0.05, 0) is 30.3 Å². The maximum Gasteiger partial charge on any atom is 0.266 e. The molecule has 0 spiro atoms. The van der Waals surface area contributed by atoms with Crippen LogP contribution in [0.4, 0.5) is 5.69 Å². The van der Waals surface area contributed by atoms with Gasteiger partial charge in [0.15, 0.2) is 11.8 Å². The SMILES string of the molecule is CC1CN(C(=O)COc2ccccc2)C(=Nc2cccc(S(=O)(=O)N(C)C)c2)S1. The van der Waals surface area contributed by atoms with Crippen LogP contribution in [0.1, 0.15) is 6.92 Å². The number of thioether (sulfide) groups is 1. The molecule has 7 nitrogen and oxygen atoms in total. The molecular weight excluding hydrogens is 410 g/mol. The maximum atomic E-state index is 12.7. The highest BCUT2D eigenvalue weighted by molar-refractivity contribution is 8.14. The minimum atomic E-state index is -3.56. The van der Waals surface area contributed by atoms with E-state index in [9.17, 15) is 13.2 Å². The molecule has 3 rings (SSSR count). The van der Waals surface area contributed by atoms with E-state index >= 15 is 0 Å². The highest BCUT2D eigenvalue weighted by Crippen LogP contribution is 2.29. The Morgan fingerprint density at radius 1 is 1.21 bits per heavy atom. The van der Waals surface area contributed by atoms with Crippen LogP contribution in [0, 0.1) is 0 Å². The van der Waals surface area contributed by atoms with Crippen LogP contribution in [0.2, 0.25) is 0 Å². The number of carbonyl (C=O) groups is 1. The predicted molar refractivity (Wildman–Crippen MR) is 115 cm³/mol. The third-order valence-electron chi connectivity index (χ3n) is 4.20. The van der Waals surface area contributed by atoms with Crippen molar-refractivity contribution in [1.29, 1.82) is 0 Å². The number of amides is 1. The fourth-order valence-electron chi connectivity index (χ4n) is 2.69. The quantitative estimate of drug-likeness (QED) is 0.700. The van der Waals surface area contributed by atoms with Crippen molar-refractivity contribution >= 4 is 38.5 Å². The van der Waals surface area contributed by atoms with E-state index in [0.717, 1.165) is 4.31 Å². The lowest BCUT2D eigenvalue weighted by Gasteiger charge is -2.17. The van der Waals surface area contributed by atoms with Gasteiger partial charge in [0.2, 0.25) is 10.0 Å². The highest BCUT2D eigenvalue weighted by Gasteiger charge is 2.31. The largest absolute Gasteiger partial charge is 0.484 e. The van der Waals surface area contributed by atoms with Gasteiger partial charge in [-0.1, -0.05) is 43.0 Å². The van der Waals surface area contributed by atoms with Crippen LogP contribution in [-0.4, -0.2) is 61.2 Å². The summed E-state index contributed by atoms with van der Waals surface area (Å²) < 4.78 is 31.4. The van der Waals surface area contributed by atoms with Gasteiger partial charge in [0, 0.05) is 25.9 Å². The molecule has 1 unspecified atom stereocenters. The van der Waals surface area contributed by atoms with Gasteiger partial charge in [-0.3, -0.25) is 9.69 Å². The van der Waals surface area contributed by atoms with Crippen molar-refractivity contribution in [3.8, 4) is 5.75 Å². The molecule has 1 aliphatic heterocycles. The molecule has 1 atom stereocenters. The first kappa shape index (κ1) is 21.4. The fourth-order valence-corrected chi connectivity index (χ4v) is 4.67. The molecule has 1 fully saturated rings. The molecule has 1 amide bonds. The maximum absolute atomic E-state index is 12.7. The Morgan fingerprint density at radius 2 is 1.93 bits per heavy atom. The van der Waals surface area contributed by atoms with Crippen LogP contribution in [-0.2, 0) is 14.8 Å². The molecular formula is C20H23N3O4S2. The number of benzene rings is 2. The van der Waals surface area contributed by atoms with Gasteiger partial charge in [0.05, 0.1) is 10.6 Å². The van der Waals surface area contributed by atoms with Gasteiger partial charge in [-0.15, -0.1) is 0 Å². The molecule has 2 aromatic carbocycles. The first-order valence-electron chi connectivity index (χ1n) is 9.03. The number of hydrogen-bond acceptors (Lipinski definition) is 6. The van der Waals surface area contributed by atoms with E-state index in [-0.39, 0.29) is 22.7 Å². The number of carbonyl (C=O) groups excluding carboxylic acids is 1. The summed E-state index contributed by atoms with van der Waals surface area (Å²) in [5, 5.41) is 0.724. The molecule has 0 saturated carbocycles. The van der Waals surface area contributed by atoms with Crippen molar-refractivity contribution in [2.45, 2.75) is 17.1 Å². The number of ether oxygens (including phenoxy) is 1. The molecule has 0 bridgehead atoms. The molecule has 1 heterocycles. The summed E-state index contributed by atoms with van der Waals surface area (Å²) in [6, 6.07) is 15.5. The van der Waals surface area contributed by atoms with Crippen molar-refractivity contribution in [3.05, 3.63) is 54.6 Å². The number of hydrogen-bond donors (Lipinski definition) is 0. The minimum absolute atomic E-state index is 0.0919. The molecule has 0 N–H and O–H groups in total. The lowest BCUT2D eigenvalue weighted by atomic mass is 10.3. The summed E-state index contributed by atoms with van der Waals surface area (Å²) in [5.41, 5.74) is 0.478. The molecule has 29 heavy (non-hydrogen) atoms. The van der Waals surface area contributed by atoms with E-state index in [0.29, 0.717) is 23.1 Å². The molecule has 0 radical (unpaired) electrons. The third-order valence-corrected chi connectivity index (χ3v) is 7.09. The average molecular weight is 434 g/mol. The normalized spacial score (nSPS) is 18.4. The molecule has 0 aliphatic carbocycles. The van der Waals surface area contributed by atoms with Crippen LogP contribution in [0.3, 0.4) is 0 Å². The molecule has 1 aliphatic rings. The van der Waals surface area contributed by atoms with Crippen molar-refractivity contribution in [2.24, 2.45) is 4.99 Å². The highest BCUT2D eigenvalue weighted by atomic mass is 32.2. The monoisotopic (exact) mass is 433 g/mol. The van der Waals surface area contributed by atoms with Gasteiger partial charge in [0.25, 0.3) is 5.91 Å². The van der Waals surface area contributed by atoms with Gasteiger partial charge in [0.1, 0.15) is 5.75 Å². The zero-order valence-electron chi connectivity index (χ0n) is 16.5. The summed E-state index contributed by atoms with van der Waals surface area (Å²) in [7, 11) is -0.593. The fraction of sp³-hybridized carbons (Fsp3) is 0.300. The van der Waals surface area contributed by atoms with Gasteiger partial charge < -0.3 is 4.74 Å². The van der Waals surface area contributed by atoms with Gasteiger partial charge >= 0.3 is 0 Å². The van der Waals surface area contributed by atoms with Crippen LogP contribution in [0.15, 0.2) is 64.5 Å². The number of amidine groups is 1. The zero-order valence-corrected chi connectivity index (χ0v) is 18.1. The smallest absolute Gasteiger partial charge is 0.266 e. The summed E-state index contributed by atoms with van der Waals surface area (Å²) in [5.74, 6) is 0.433. The number of nitrogens with zero attached hydrogens (tertiary/aromatic N) is 3. The third kappa shape index (κ3) is 5.17. The standard InChI is InChI=1S/C20H23N3O4S2/c1-15-13-23(19(24)14-27-17-9-5-4-6-10-17)20(28-15)21-16-8-7-11-18(12-16)29(25,26)22(2)3/h4-12,15H,13-14H2,1-3H3. The van der Waals surface area contributed by atoms with Crippen molar-refractivity contribution in [3.63, 3.8) is 0 Å². The summed E-state index contributed by atoms with van der Waals surface area (Å²) >= 11 is 1.48. The van der Waals surface area contributed by atoms with Crippen molar-refractivity contribution < 1.29 is 17.9 Å². The van der Waals surface area contributed by atoms with E-state index in [2.05, 4.69) is 4.99 Å². The van der Waals surface area contributed by atoms with E-state index in [1.165, 1.54) is 38.0 Å². The average Bonchev–Trinajstić information content (AvgIpc) is 3.07. The first-order valence-corrected chi connectivity index (χ1v) is 11.4. The number of aliphatic imine (C=N–C) groups is 1. The summed E-state index contributed by atoms with van der Waals surface area (Å²) in [6.07, 6.45) is 0. The van der Waals surface area contributed by atoms with E-state index < -0.39 is 10.0 Å². The Balaban J connectivity index is 1.79. The molecule has 1 saturated heterocycles. The number of sulfonamides is 1. The second kappa shape index (κ2) is 8.98. The Bertz CT molecular complexity index is 1010. The molecule has 2 aromatic rings. The number of rotatable bonds is 6. The minimum Gasteiger partial charge on any atom is -0.484 e. The van der Waals surface area contributed by atoms with E-state index in [4.69, 9.17) is 4.74 Å². The Kier molecular flexibility index (Phi) is 6.61. The van der Waals surface area contributed by atoms with E-state index in [1.54, 1.807) is 29.2 Å². The zero-order chi connectivity index (χ0) is 21.0. The van der Waals surface area contributed by atoms with Crippen molar-refractivity contribution in [2.75, 3.05) is 27.2 Å². The second-order valence-corrected chi connectivity index (χ2v) is 10.3. The van der Waals surface area contributed by atoms with Crippen LogP contribution in [0.25, 0.3) is 0 Å². The topological polar surface area (TPSA) is 79.3 Å². The van der Waals surface area contributed by atoms with Crippen molar-refractivity contribution in [1.82, 2.24) is 9.21 Å². The first-order chi connectivity index (χ1) is 13.8. The van der Waals surface area contributed by atoms with Crippen LogP contribution in [0.5, 0.6) is 5.75 Å². The second-order valence-electron chi connectivity index (χ2n) is 6.71. The summed E-state index contributed by atoms with van der Waals surface area (Å²) in [6.45, 7) is 2.44. The Hall–Kier alpha value is -2.36. The van der Waals surface area contributed by atoms with Crippen LogP contribution < -0.4 is 4.74 Å². The Labute approximate surface area is 175 Å². The molecule has 9 heteroatoms. The Morgan fingerprint density at radius 3 is 2.62 bits per heavy atom. The van der Waals surface area contributed by atoms with Gasteiger partial charge in [-0.25, -0.2) is 17.7 Å². The van der Waals surface area contributed by atoms with Gasteiger partial charge in [-0.2, -0.15) is 0 Å². The van der Waals surface area contributed by atoms with Crippen LogP contribution >= 0.6 is 11.8 Å². The number of para-hydroxylation sites is 1. The van der Waals surface area contributed by atoms with E-state index in [1.807, 2.05) is 25.1 Å².